The molecule has 1 atom stereocenters. The zero-order valence-electron chi connectivity index (χ0n) is 15.6. The fourth-order valence-corrected chi connectivity index (χ4v) is 5.40. The van der Waals surface area contributed by atoms with Crippen molar-refractivity contribution in [2.75, 3.05) is 18.5 Å². The molecule has 10 heteroatoms. The van der Waals surface area contributed by atoms with Crippen molar-refractivity contribution in [2.45, 2.75) is 30.7 Å². The van der Waals surface area contributed by atoms with E-state index in [1.807, 2.05) is 13.0 Å². The molecule has 1 amide bonds. The molecule has 1 saturated heterocycles. The molecule has 1 aliphatic rings. The molecule has 1 N–H and O–H groups in total. The van der Waals surface area contributed by atoms with E-state index in [2.05, 4.69) is 5.32 Å². The lowest BCUT2D eigenvalue weighted by Gasteiger charge is -2.22. The minimum absolute atomic E-state index is 0.113. The zero-order chi connectivity index (χ0) is 21.0. The molecule has 2 aromatic rings. The Morgan fingerprint density at radius 1 is 1.31 bits per heavy atom. The number of nitrogens with one attached hydrogen (secondary N) is 1. The van der Waals surface area contributed by atoms with E-state index in [1.54, 1.807) is 23.6 Å². The van der Waals surface area contributed by atoms with Gasteiger partial charge in [-0.05, 0) is 43.3 Å². The van der Waals surface area contributed by atoms with Crippen LogP contribution in [-0.2, 0) is 24.3 Å². The Labute approximate surface area is 172 Å². The van der Waals surface area contributed by atoms with Crippen molar-refractivity contribution in [1.29, 1.82) is 5.26 Å². The Hall–Kier alpha value is -2.74. The number of amides is 1. The van der Waals surface area contributed by atoms with Crippen LogP contribution in [0.3, 0.4) is 0 Å². The first-order valence-corrected chi connectivity index (χ1v) is 11.2. The molecule has 8 nitrogen and oxygen atoms in total. The lowest BCUT2D eigenvalue weighted by atomic mass is 10.2. The molecule has 1 aliphatic heterocycles. The Balaban J connectivity index is 1.63. The zero-order valence-corrected chi connectivity index (χ0v) is 17.3. The third-order valence-corrected chi connectivity index (χ3v) is 7.24. The van der Waals surface area contributed by atoms with Crippen molar-refractivity contribution in [3.05, 3.63) is 46.8 Å². The number of thiophene rings is 1. The molecule has 0 unspecified atom stereocenters. The molecular formula is C19H19N3O5S2. The van der Waals surface area contributed by atoms with E-state index < -0.39 is 34.5 Å². The molecule has 1 aromatic heterocycles. The van der Waals surface area contributed by atoms with Crippen LogP contribution < -0.4 is 5.32 Å². The van der Waals surface area contributed by atoms with Gasteiger partial charge in [0.25, 0.3) is 5.91 Å². The summed E-state index contributed by atoms with van der Waals surface area (Å²) in [5.74, 6) is -1.36. The Morgan fingerprint density at radius 2 is 2.03 bits per heavy atom. The van der Waals surface area contributed by atoms with E-state index in [0.29, 0.717) is 23.4 Å². The lowest BCUT2D eigenvalue weighted by molar-refractivity contribution is -0.150. The fraction of sp³-hybridized carbons (Fsp3) is 0.316. The van der Waals surface area contributed by atoms with Crippen molar-refractivity contribution >= 4 is 38.2 Å². The molecular weight excluding hydrogens is 414 g/mol. The summed E-state index contributed by atoms with van der Waals surface area (Å²) < 4.78 is 32.0. The van der Waals surface area contributed by atoms with Gasteiger partial charge in [-0.2, -0.15) is 9.57 Å². The molecule has 0 aliphatic carbocycles. The number of nitriles is 1. The molecule has 3 rings (SSSR count). The number of hydrogen-bond acceptors (Lipinski definition) is 7. The molecule has 152 valence electrons. The van der Waals surface area contributed by atoms with Gasteiger partial charge < -0.3 is 10.1 Å². The van der Waals surface area contributed by atoms with Gasteiger partial charge in [0, 0.05) is 6.54 Å². The van der Waals surface area contributed by atoms with E-state index in [9.17, 15) is 18.0 Å². The number of anilines is 1. The Morgan fingerprint density at radius 3 is 2.72 bits per heavy atom. The first kappa shape index (κ1) is 21.0. The predicted molar refractivity (Wildman–Crippen MR) is 107 cm³/mol. The van der Waals surface area contributed by atoms with Crippen LogP contribution in [0, 0.1) is 18.3 Å². The molecule has 0 saturated carbocycles. The summed E-state index contributed by atoms with van der Waals surface area (Å²) >= 11 is 1.18. The quantitative estimate of drug-likeness (QED) is 0.699. The number of esters is 1. The molecule has 0 bridgehead atoms. The Bertz CT molecular complexity index is 1050. The van der Waals surface area contributed by atoms with Gasteiger partial charge in [0.05, 0.1) is 10.5 Å². The molecule has 0 spiro atoms. The van der Waals surface area contributed by atoms with Crippen molar-refractivity contribution in [3.63, 3.8) is 0 Å². The molecule has 1 aromatic carbocycles. The van der Waals surface area contributed by atoms with Gasteiger partial charge in [0.2, 0.25) is 10.0 Å². The lowest BCUT2D eigenvalue weighted by Crippen LogP contribution is -2.42. The largest absolute Gasteiger partial charge is 0.454 e. The minimum atomic E-state index is -3.84. The third kappa shape index (κ3) is 4.64. The van der Waals surface area contributed by atoms with E-state index in [1.165, 1.54) is 23.5 Å². The van der Waals surface area contributed by atoms with Crippen molar-refractivity contribution in [3.8, 4) is 6.07 Å². The maximum Gasteiger partial charge on any atom is 0.324 e. The molecule has 0 radical (unpaired) electrons. The Kier molecular flexibility index (Phi) is 6.32. The summed E-state index contributed by atoms with van der Waals surface area (Å²) in [4.78, 5) is 24.6. The number of carbonyl (C=O) groups is 2. The normalized spacial score (nSPS) is 16.9. The van der Waals surface area contributed by atoms with Crippen LogP contribution in [0.5, 0.6) is 0 Å². The molecule has 2 heterocycles. The third-order valence-electron chi connectivity index (χ3n) is 4.49. The van der Waals surface area contributed by atoms with Gasteiger partial charge >= 0.3 is 5.97 Å². The van der Waals surface area contributed by atoms with E-state index in [0.717, 1.165) is 9.87 Å². The van der Waals surface area contributed by atoms with Crippen LogP contribution in [0.15, 0.2) is 40.6 Å². The number of ether oxygens (including phenoxy) is 1. The number of rotatable bonds is 6. The first-order chi connectivity index (χ1) is 13.8. The highest BCUT2D eigenvalue weighted by Crippen LogP contribution is 2.27. The maximum atomic E-state index is 12.9. The summed E-state index contributed by atoms with van der Waals surface area (Å²) in [5.41, 5.74) is 1.25. The van der Waals surface area contributed by atoms with E-state index >= 15 is 0 Å². The smallest absolute Gasteiger partial charge is 0.324 e. The van der Waals surface area contributed by atoms with Gasteiger partial charge in [0.15, 0.2) is 6.61 Å². The second-order valence-corrected chi connectivity index (χ2v) is 9.32. The summed E-state index contributed by atoms with van der Waals surface area (Å²) in [7, 11) is -3.84. The van der Waals surface area contributed by atoms with Crippen LogP contribution in [-0.4, -0.2) is 43.8 Å². The fourth-order valence-electron chi connectivity index (χ4n) is 3.00. The van der Waals surface area contributed by atoms with Crippen LogP contribution in [0.1, 0.15) is 24.0 Å². The van der Waals surface area contributed by atoms with Gasteiger partial charge in [-0.15, -0.1) is 11.3 Å². The number of nitrogens with zero attached hydrogens (tertiary/aromatic N) is 2. The number of aryl methyl sites for hydroxylation is 1. The predicted octanol–water partition coefficient (Wildman–Crippen LogP) is 2.26. The second-order valence-electron chi connectivity index (χ2n) is 6.52. The van der Waals surface area contributed by atoms with Gasteiger partial charge in [-0.3, -0.25) is 9.59 Å². The highest BCUT2D eigenvalue weighted by molar-refractivity contribution is 7.89. The number of carbonyl (C=O) groups excluding carboxylic acids is 2. The molecule has 1 fully saturated rings. The van der Waals surface area contributed by atoms with Crippen molar-refractivity contribution in [2.24, 2.45) is 0 Å². The molecule has 29 heavy (non-hydrogen) atoms. The van der Waals surface area contributed by atoms with Crippen molar-refractivity contribution < 1.29 is 22.7 Å². The van der Waals surface area contributed by atoms with E-state index in [4.69, 9.17) is 10.00 Å². The van der Waals surface area contributed by atoms with Crippen LogP contribution in [0.2, 0.25) is 0 Å². The first-order valence-electron chi connectivity index (χ1n) is 8.85. The number of sulfonamides is 1. The highest BCUT2D eigenvalue weighted by Gasteiger charge is 2.40. The van der Waals surface area contributed by atoms with Gasteiger partial charge in [0.1, 0.15) is 17.1 Å². The summed E-state index contributed by atoms with van der Waals surface area (Å²) in [6, 6.07) is 8.95. The van der Waals surface area contributed by atoms with E-state index in [-0.39, 0.29) is 11.4 Å². The SMILES string of the molecule is Cc1ccc(S(=O)(=O)N2CCC[C@H]2C(=O)OCC(=O)Nc2sccc2C#N)cc1. The average molecular weight is 434 g/mol. The summed E-state index contributed by atoms with van der Waals surface area (Å²) in [6.07, 6.45) is 0.854. The summed E-state index contributed by atoms with van der Waals surface area (Å²) in [6.45, 7) is 1.51. The van der Waals surface area contributed by atoms with Crippen LogP contribution >= 0.6 is 11.3 Å². The average Bonchev–Trinajstić information content (AvgIpc) is 3.36. The van der Waals surface area contributed by atoms with Gasteiger partial charge in [-0.1, -0.05) is 17.7 Å². The standard InChI is InChI=1S/C19H19N3O5S2/c1-13-4-6-15(7-5-13)29(25,26)22-9-2-3-16(22)19(24)27-12-17(23)21-18-14(11-20)8-10-28-18/h4-8,10,16H,2-3,9,12H2,1H3,(H,21,23)/t16-/m0/s1. The maximum absolute atomic E-state index is 12.9. The minimum Gasteiger partial charge on any atom is -0.454 e. The highest BCUT2D eigenvalue weighted by atomic mass is 32.2. The topological polar surface area (TPSA) is 117 Å². The second kappa shape index (κ2) is 8.73. The van der Waals surface area contributed by atoms with Crippen molar-refractivity contribution in [1.82, 2.24) is 4.31 Å². The number of hydrogen-bond donors (Lipinski definition) is 1. The van der Waals surface area contributed by atoms with Crippen LogP contribution in [0.25, 0.3) is 0 Å². The monoisotopic (exact) mass is 433 g/mol. The van der Waals surface area contributed by atoms with Gasteiger partial charge in [-0.25, -0.2) is 8.42 Å². The number of benzene rings is 1. The summed E-state index contributed by atoms with van der Waals surface area (Å²) in [5, 5.41) is 13.5. The van der Waals surface area contributed by atoms with Crippen LogP contribution in [0.4, 0.5) is 5.00 Å².